The smallest absolute Gasteiger partial charge is 0.384 e. The number of anilines is 1. The Balaban J connectivity index is 1.98. The Morgan fingerprint density at radius 3 is 2.44 bits per heavy atom. The summed E-state index contributed by atoms with van der Waals surface area (Å²) >= 11 is 0. The van der Waals surface area contributed by atoms with Crippen molar-refractivity contribution in [1.82, 2.24) is 14.8 Å². The zero-order chi connectivity index (χ0) is 18.0. The molecule has 0 aliphatic rings. The summed E-state index contributed by atoms with van der Waals surface area (Å²) in [4.78, 5) is 3.89. The molecular weight excluding hydrogens is 329 g/mol. The number of halogens is 3. The number of nitrogen functional groups attached to an aromatic ring is 1. The lowest BCUT2D eigenvalue weighted by Gasteiger charge is -2.08. The van der Waals surface area contributed by atoms with Crippen molar-refractivity contribution in [3.63, 3.8) is 0 Å². The first-order valence-corrected chi connectivity index (χ1v) is 7.28. The number of pyridine rings is 1. The molecule has 0 unspecified atom stereocenters. The van der Waals surface area contributed by atoms with Gasteiger partial charge in [0, 0.05) is 24.4 Å². The molecule has 4 nitrogen and oxygen atoms in total. The molecule has 0 aliphatic heterocycles. The summed E-state index contributed by atoms with van der Waals surface area (Å²) in [6.07, 6.45) is -1.24. The molecule has 126 valence electrons. The number of nitrogens with two attached hydrogens (primary N) is 1. The molecule has 25 heavy (non-hydrogen) atoms. The summed E-state index contributed by atoms with van der Waals surface area (Å²) in [6, 6.07) is 8.27. The van der Waals surface area contributed by atoms with Gasteiger partial charge in [0.05, 0.1) is 23.0 Å². The predicted octanol–water partition coefficient (Wildman–Crippen LogP) is 3.48. The minimum absolute atomic E-state index is 0.362. The Morgan fingerprint density at radius 2 is 1.80 bits per heavy atom. The molecule has 0 saturated carbocycles. The van der Waals surface area contributed by atoms with Gasteiger partial charge in [0.2, 0.25) is 0 Å². The topological polar surface area (TPSA) is 56.7 Å². The first-order valence-electron chi connectivity index (χ1n) is 7.28. The van der Waals surface area contributed by atoms with Crippen LogP contribution < -0.4 is 5.73 Å². The van der Waals surface area contributed by atoms with E-state index in [-0.39, 0.29) is 0 Å². The largest absolute Gasteiger partial charge is 0.416 e. The highest BCUT2D eigenvalue weighted by Crippen LogP contribution is 2.31. The first kappa shape index (κ1) is 16.6. The van der Waals surface area contributed by atoms with Crippen LogP contribution >= 0.6 is 0 Å². The summed E-state index contributed by atoms with van der Waals surface area (Å²) in [5.41, 5.74) is 7.46. The van der Waals surface area contributed by atoms with Crippen LogP contribution in [-0.2, 0) is 13.2 Å². The highest BCUT2D eigenvalue weighted by Gasteiger charge is 2.30. The summed E-state index contributed by atoms with van der Waals surface area (Å²) < 4.78 is 39.7. The summed E-state index contributed by atoms with van der Waals surface area (Å²) in [7, 11) is 1.71. The number of nitrogens with zero attached hydrogens (tertiary/aromatic N) is 3. The van der Waals surface area contributed by atoms with Crippen molar-refractivity contribution in [2.45, 2.75) is 6.18 Å². The molecule has 0 atom stereocenters. The van der Waals surface area contributed by atoms with E-state index in [9.17, 15) is 13.2 Å². The molecule has 3 rings (SSSR count). The van der Waals surface area contributed by atoms with Crippen LogP contribution in [0.1, 0.15) is 16.7 Å². The van der Waals surface area contributed by atoms with Gasteiger partial charge >= 0.3 is 6.18 Å². The van der Waals surface area contributed by atoms with E-state index in [1.807, 2.05) is 0 Å². The maximum atomic E-state index is 12.7. The maximum absolute atomic E-state index is 12.7. The molecule has 0 aliphatic carbocycles. The zero-order valence-corrected chi connectivity index (χ0v) is 13.2. The van der Waals surface area contributed by atoms with E-state index in [0.717, 1.165) is 12.1 Å². The van der Waals surface area contributed by atoms with Gasteiger partial charge in [-0.3, -0.25) is 4.68 Å². The number of benzene rings is 1. The molecule has 0 fully saturated rings. The third-order valence-corrected chi connectivity index (χ3v) is 3.55. The monoisotopic (exact) mass is 342 g/mol. The van der Waals surface area contributed by atoms with Crippen molar-refractivity contribution in [1.29, 1.82) is 0 Å². The van der Waals surface area contributed by atoms with Crippen LogP contribution in [0.4, 0.5) is 19.0 Å². The van der Waals surface area contributed by atoms with Crippen LogP contribution in [0, 0.1) is 11.8 Å². The number of hydrogen-bond donors (Lipinski definition) is 1. The van der Waals surface area contributed by atoms with Crippen molar-refractivity contribution in [3.05, 3.63) is 65.5 Å². The fourth-order valence-electron chi connectivity index (χ4n) is 2.35. The minimum atomic E-state index is -4.37. The van der Waals surface area contributed by atoms with Gasteiger partial charge in [-0.25, -0.2) is 4.98 Å². The second-order valence-electron chi connectivity index (χ2n) is 5.32. The van der Waals surface area contributed by atoms with Crippen molar-refractivity contribution < 1.29 is 13.2 Å². The van der Waals surface area contributed by atoms with Gasteiger partial charge in [-0.2, -0.15) is 18.3 Å². The quantitative estimate of drug-likeness (QED) is 0.689. The number of rotatable bonds is 1. The van der Waals surface area contributed by atoms with E-state index < -0.39 is 11.7 Å². The number of alkyl halides is 3. The second-order valence-corrected chi connectivity index (χ2v) is 5.32. The van der Waals surface area contributed by atoms with E-state index >= 15 is 0 Å². The number of hydrogen-bond acceptors (Lipinski definition) is 3. The molecule has 7 heteroatoms. The van der Waals surface area contributed by atoms with Crippen molar-refractivity contribution in [3.8, 4) is 23.1 Å². The van der Waals surface area contributed by atoms with Crippen LogP contribution in [0.25, 0.3) is 11.3 Å². The average molecular weight is 342 g/mol. The van der Waals surface area contributed by atoms with Crippen LogP contribution in [0.3, 0.4) is 0 Å². The highest BCUT2D eigenvalue weighted by atomic mass is 19.4. The van der Waals surface area contributed by atoms with Crippen molar-refractivity contribution in [2.75, 3.05) is 5.73 Å². The molecular formula is C18H13F3N4. The van der Waals surface area contributed by atoms with Gasteiger partial charge in [0.1, 0.15) is 5.82 Å². The van der Waals surface area contributed by atoms with Gasteiger partial charge in [0.25, 0.3) is 0 Å². The summed E-state index contributed by atoms with van der Waals surface area (Å²) in [5.74, 6) is 6.30. The standard InChI is InChI=1S/C18H13F3N4/c1-25-17(13-4-6-15(7-5-13)18(19,20)21)14(11-24-25)3-2-12-8-9-23-16(22)10-12/h4-11H,1H3,(H2,22,23). The van der Waals surface area contributed by atoms with Gasteiger partial charge in [0.15, 0.2) is 0 Å². The van der Waals surface area contributed by atoms with E-state index in [0.29, 0.717) is 28.2 Å². The molecule has 1 aromatic carbocycles. The Bertz CT molecular complexity index is 960. The molecule has 0 spiro atoms. The molecule has 2 N–H and O–H groups in total. The Kier molecular flexibility index (Phi) is 4.19. The molecule has 0 radical (unpaired) electrons. The lowest BCUT2D eigenvalue weighted by atomic mass is 10.1. The number of aryl methyl sites for hydroxylation is 1. The van der Waals surface area contributed by atoms with Gasteiger partial charge in [-0.1, -0.05) is 24.0 Å². The third kappa shape index (κ3) is 3.63. The average Bonchev–Trinajstić information content (AvgIpc) is 2.93. The number of aromatic nitrogens is 3. The van der Waals surface area contributed by atoms with Gasteiger partial charge in [-0.15, -0.1) is 0 Å². The second kappa shape index (κ2) is 6.32. The summed E-state index contributed by atoms with van der Waals surface area (Å²) in [5, 5.41) is 4.15. The normalized spacial score (nSPS) is 11.0. The van der Waals surface area contributed by atoms with Gasteiger partial charge < -0.3 is 5.73 Å². The Morgan fingerprint density at radius 1 is 1.08 bits per heavy atom. The molecule has 2 heterocycles. The lowest BCUT2D eigenvalue weighted by Crippen LogP contribution is -2.04. The molecule has 0 bridgehead atoms. The van der Waals surface area contributed by atoms with E-state index in [2.05, 4.69) is 21.9 Å². The molecule has 0 saturated heterocycles. The fourth-order valence-corrected chi connectivity index (χ4v) is 2.35. The Hall–Kier alpha value is -3.27. The zero-order valence-electron chi connectivity index (χ0n) is 13.2. The third-order valence-electron chi connectivity index (χ3n) is 3.55. The van der Waals surface area contributed by atoms with Crippen molar-refractivity contribution >= 4 is 5.82 Å². The Labute approximate surface area is 142 Å². The molecule has 3 aromatic rings. The molecule has 0 amide bonds. The van der Waals surface area contributed by atoms with E-state index in [1.54, 1.807) is 36.3 Å². The maximum Gasteiger partial charge on any atom is 0.416 e. The lowest BCUT2D eigenvalue weighted by molar-refractivity contribution is -0.137. The summed E-state index contributed by atoms with van der Waals surface area (Å²) in [6.45, 7) is 0. The van der Waals surface area contributed by atoms with E-state index in [1.165, 1.54) is 12.1 Å². The van der Waals surface area contributed by atoms with Crippen LogP contribution in [0.2, 0.25) is 0 Å². The fraction of sp³-hybridized carbons (Fsp3) is 0.111. The SMILES string of the molecule is Cn1ncc(C#Cc2ccnc(N)c2)c1-c1ccc(C(F)(F)F)cc1. The van der Waals surface area contributed by atoms with Crippen LogP contribution in [0.5, 0.6) is 0 Å². The van der Waals surface area contributed by atoms with Crippen molar-refractivity contribution in [2.24, 2.45) is 7.05 Å². The molecule has 2 aromatic heterocycles. The minimum Gasteiger partial charge on any atom is -0.384 e. The predicted molar refractivity (Wildman–Crippen MR) is 88.3 cm³/mol. The van der Waals surface area contributed by atoms with Crippen LogP contribution in [0.15, 0.2) is 48.8 Å². The van der Waals surface area contributed by atoms with Gasteiger partial charge in [-0.05, 0) is 24.3 Å². The van der Waals surface area contributed by atoms with Crippen LogP contribution in [-0.4, -0.2) is 14.8 Å². The first-order chi connectivity index (χ1) is 11.8. The highest BCUT2D eigenvalue weighted by molar-refractivity contribution is 5.68. The van der Waals surface area contributed by atoms with E-state index in [4.69, 9.17) is 5.73 Å².